The van der Waals surface area contributed by atoms with Crippen LogP contribution in [0.5, 0.6) is 0 Å². The molecule has 2 aliphatic heterocycles. The van der Waals surface area contributed by atoms with Crippen molar-refractivity contribution in [1.82, 2.24) is 20.6 Å². The van der Waals surface area contributed by atoms with Crippen molar-refractivity contribution >= 4 is 29.2 Å². The van der Waals surface area contributed by atoms with Crippen molar-refractivity contribution in [2.24, 2.45) is 5.10 Å². The third-order valence-corrected chi connectivity index (χ3v) is 4.74. The number of H-pyrrole nitrogens is 1. The number of hydrazone groups is 1. The van der Waals surface area contributed by atoms with Gasteiger partial charge in [-0.3, -0.25) is 10.1 Å². The molecule has 0 spiro atoms. The number of morpholine rings is 2. The summed E-state index contributed by atoms with van der Waals surface area (Å²) in [5.74, 6) is 0.202. The van der Waals surface area contributed by atoms with Crippen LogP contribution in [0.2, 0.25) is 0 Å². The summed E-state index contributed by atoms with van der Waals surface area (Å²) in [6.45, 7) is 4.89. The van der Waals surface area contributed by atoms with Gasteiger partial charge >= 0.3 is 0 Å². The number of nitrogens with zero attached hydrogens (tertiary/aromatic N) is 7. The number of ether oxygens (including phenoxy) is 2. The van der Waals surface area contributed by atoms with Crippen LogP contribution in [0.1, 0.15) is 5.56 Å². The number of nitro groups is 1. The van der Waals surface area contributed by atoms with Gasteiger partial charge in [-0.15, -0.1) is 5.10 Å². The molecular weight excluding hydrogens is 382 g/mol. The Hall–Kier alpha value is -3.32. The van der Waals surface area contributed by atoms with Crippen molar-refractivity contribution in [3.63, 3.8) is 0 Å². The quantitative estimate of drug-likeness (QED) is 0.390. The third-order valence-electron chi connectivity index (χ3n) is 4.74. The Labute approximate surface area is 165 Å². The Morgan fingerprint density at radius 2 is 1.76 bits per heavy atom. The third kappa shape index (κ3) is 4.41. The van der Waals surface area contributed by atoms with Crippen LogP contribution in [0.15, 0.2) is 17.2 Å². The number of hydrogen-bond acceptors (Lipinski definition) is 11. The normalized spacial score (nSPS) is 17.7. The van der Waals surface area contributed by atoms with Gasteiger partial charge in [0.15, 0.2) is 0 Å². The van der Waals surface area contributed by atoms with Gasteiger partial charge in [0, 0.05) is 43.5 Å². The predicted molar refractivity (Wildman–Crippen MR) is 105 cm³/mol. The molecule has 0 atom stereocenters. The molecule has 13 nitrogen and oxygen atoms in total. The summed E-state index contributed by atoms with van der Waals surface area (Å²) in [7, 11) is 0. The number of benzene rings is 1. The minimum absolute atomic E-state index is 0.0323. The lowest BCUT2D eigenvalue weighted by Gasteiger charge is -2.33. The molecule has 0 unspecified atom stereocenters. The summed E-state index contributed by atoms with van der Waals surface area (Å²) in [5, 5.41) is 29.2. The smallest absolute Gasteiger partial charge is 0.293 e. The highest BCUT2D eigenvalue weighted by atomic mass is 16.6. The summed E-state index contributed by atoms with van der Waals surface area (Å²) in [6.07, 6.45) is 1.53. The zero-order chi connectivity index (χ0) is 20.1. The molecule has 0 bridgehead atoms. The van der Waals surface area contributed by atoms with E-state index in [1.165, 1.54) is 6.21 Å². The zero-order valence-corrected chi connectivity index (χ0v) is 15.7. The number of aromatic amines is 1. The topological polar surface area (TPSA) is 147 Å². The molecule has 1 aromatic heterocycles. The second-order valence-corrected chi connectivity index (χ2v) is 6.46. The van der Waals surface area contributed by atoms with Crippen LogP contribution in [0.25, 0.3) is 0 Å². The molecule has 1 aromatic carbocycles. The highest BCUT2D eigenvalue weighted by molar-refractivity contribution is 5.92. The molecule has 29 heavy (non-hydrogen) atoms. The molecule has 154 valence electrons. The predicted octanol–water partition coefficient (Wildman–Crippen LogP) is 0.227. The number of rotatable bonds is 6. The Balaban J connectivity index is 1.71. The molecule has 2 aliphatic rings. The fourth-order valence-electron chi connectivity index (χ4n) is 3.34. The molecule has 2 fully saturated rings. The van der Waals surface area contributed by atoms with Crippen molar-refractivity contribution in [1.29, 1.82) is 0 Å². The number of anilines is 3. The Bertz CT molecular complexity index is 862. The largest absolute Gasteiger partial charge is 0.378 e. The molecule has 2 aromatic rings. The van der Waals surface area contributed by atoms with Crippen molar-refractivity contribution in [3.05, 3.63) is 27.8 Å². The van der Waals surface area contributed by atoms with Gasteiger partial charge < -0.3 is 19.3 Å². The van der Waals surface area contributed by atoms with E-state index in [9.17, 15) is 10.1 Å². The molecule has 0 aliphatic carbocycles. The molecule has 2 N–H and O–H groups in total. The lowest BCUT2D eigenvalue weighted by Crippen LogP contribution is -2.38. The van der Waals surface area contributed by atoms with Crippen LogP contribution in [-0.4, -0.2) is 84.4 Å². The minimum Gasteiger partial charge on any atom is -0.378 e. The number of hydrogen-bond donors (Lipinski definition) is 2. The molecule has 0 amide bonds. The second-order valence-electron chi connectivity index (χ2n) is 6.46. The Morgan fingerprint density at radius 3 is 2.34 bits per heavy atom. The first-order valence-electron chi connectivity index (χ1n) is 9.23. The van der Waals surface area contributed by atoms with Gasteiger partial charge in [0.1, 0.15) is 5.69 Å². The number of tetrazole rings is 1. The van der Waals surface area contributed by atoms with Crippen LogP contribution < -0.4 is 15.2 Å². The molecule has 2 saturated heterocycles. The van der Waals surface area contributed by atoms with Crippen molar-refractivity contribution in [2.75, 3.05) is 67.8 Å². The lowest BCUT2D eigenvalue weighted by atomic mass is 10.1. The van der Waals surface area contributed by atoms with E-state index in [2.05, 4.69) is 36.1 Å². The highest BCUT2D eigenvalue weighted by Crippen LogP contribution is 2.36. The van der Waals surface area contributed by atoms with Crippen LogP contribution in [-0.2, 0) is 9.47 Å². The van der Waals surface area contributed by atoms with Crippen molar-refractivity contribution in [2.45, 2.75) is 0 Å². The Kier molecular flexibility index (Phi) is 5.76. The number of nitro benzene ring substituents is 1. The van der Waals surface area contributed by atoms with E-state index in [4.69, 9.17) is 9.47 Å². The monoisotopic (exact) mass is 403 g/mol. The molecule has 3 heterocycles. The van der Waals surface area contributed by atoms with Gasteiger partial charge in [0.25, 0.3) is 11.6 Å². The maximum atomic E-state index is 11.8. The SMILES string of the molecule is O=[N+]([O-])c1cc(/C=N/Nc2nn[nH]n2)c(N2CCOCC2)cc1N1CCOCC1. The second kappa shape index (κ2) is 8.79. The van der Waals surface area contributed by atoms with E-state index >= 15 is 0 Å². The number of aromatic nitrogens is 4. The average Bonchev–Trinajstić information content (AvgIpc) is 3.28. The lowest BCUT2D eigenvalue weighted by molar-refractivity contribution is -0.384. The van der Waals surface area contributed by atoms with E-state index in [-0.39, 0.29) is 16.6 Å². The summed E-state index contributed by atoms with van der Waals surface area (Å²) in [4.78, 5) is 15.6. The van der Waals surface area contributed by atoms with Gasteiger partial charge in [-0.2, -0.15) is 10.3 Å². The molecule has 0 radical (unpaired) electrons. The first-order valence-corrected chi connectivity index (χ1v) is 9.23. The summed E-state index contributed by atoms with van der Waals surface area (Å²) >= 11 is 0. The maximum absolute atomic E-state index is 11.8. The van der Waals surface area contributed by atoms with Gasteiger partial charge in [0.2, 0.25) is 0 Å². The zero-order valence-electron chi connectivity index (χ0n) is 15.7. The fourth-order valence-corrected chi connectivity index (χ4v) is 3.34. The number of nitrogens with one attached hydrogen (secondary N) is 2. The molecule has 13 heteroatoms. The minimum atomic E-state index is -0.363. The van der Waals surface area contributed by atoms with Gasteiger partial charge in [-0.25, -0.2) is 5.43 Å². The first kappa shape index (κ1) is 19.0. The molecular formula is C16H21N9O4. The van der Waals surface area contributed by atoms with Gasteiger partial charge in [-0.1, -0.05) is 5.10 Å². The highest BCUT2D eigenvalue weighted by Gasteiger charge is 2.26. The van der Waals surface area contributed by atoms with E-state index in [0.717, 1.165) is 5.69 Å². The summed E-state index contributed by atoms with van der Waals surface area (Å²) in [5.41, 5.74) is 4.74. The van der Waals surface area contributed by atoms with Crippen molar-refractivity contribution in [3.8, 4) is 0 Å². The standard InChI is InChI=1S/C16H21N9O4/c26-25(27)15-9-12(11-17-18-16-19-21-22-20-16)13(23-1-5-28-6-2-23)10-14(15)24-3-7-29-8-4-24/h9-11H,1-8H2,(H2,18,19,20,21,22)/b17-11+. The molecule has 0 saturated carbocycles. The fraction of sp³-hybridized carbons (Fsp3) is 0.500. The first-order chi connectivity index (χ1) is 14.2. The van der Waals surface area contributed by atoms with Gasteiger partial charge in [0.05, 0.1) is 37.6 Å². The van der Waals surface area contributed by atoms with Gasteiger partial charge in [-0.05, 0) is 11.3 Å². The van der Waals surface area contributed by atoms with Crippen LogP contribution >= 0.6 is 0 Å². The van der Waals surface area contributed by atoms with Crippen molar-refractivity contribution < 1.29 is 14.4 Å². The van der Waals surface area contributed by atoms with E-state index in [1.807, 2.05) is 11.0 Å². The Morgan fingerprint density at radius 1 is 1.10 bits per heavy atom. The van der Waals surface area contributed by atoms with E-state index < -0.39 is 0 Å². The van der Waals surface area contributed by atoms with E-state index in [1.54, 1.807) is 6.07 Å². The van der Waals surface area contributed by atoms with Crippen LogP contribution in [0, 0.1) is 10.1 Å². The van der Waals surface area contributed by atoms with Crippen LogP contribution in [0.4, 0.5) is 23.0 Å². The average molecular weight is 403 g/mol. The maximum Gasteiger partial charge on any atom is 0.293 e. The summed E-state index contributed by atoms with van der Waals surface area (Å²) < 4.78 is 10.8. The molecule has 4 rings (SSSR count). The summed E-state index contributed by atoms with van der Waals surface area (Å²) in [6, 6.07) is 3.42. The van der Waals surface area contributed by atoms with Crippen LogP contribution in [0.3, 0.4) is 0 Å². The van der Waals surface area contributed by atoms with E-state index in [0.29, 0.717) is 63.9 Å².